The SMILES string of the molecule is COCCNC(=O)c1nc(Cl)c2ccccc2c1O. The van der Waals surface area contributed by atoms with E-state index in [4.69, 9.17) is 16.3 Å². The number of hydrogen-bond donors (Lipinski definition) is 2. The van der Waals surface area contributed by atoms with Crippen LogP contribution in [0, 0.1) is 0 Å². The first-order chi connectivity index (χ1) is 9.15. The van der Waals surface area contributed by atoms with Gasteiger partial charge in [-0.3, -0.25) is 4.79 Å². The molecule has 0 spiro atoms. The van der Waals surface area contributed by atoms with Crippen LogP contribution >= 0.6 is 11.6 Å². The molecule has 0 unspecified atom stereocenters. The Bertz CT molecular complexity index is 616. The van der Waals surface area contributed by atoms with Gasteiger partial charge in [0.15, 0.2) is 11.4 Å². The first-order valence-corrected chi connectivity index (χ1v) is 6.07. The summed E-state index contributed by atoms with van der Waals surface area (Å²) in [5, 5.41) is 14.0. The van der Waals surface area contributed by atoms with Crippen molar-refractivity contribution in [3.63, 3.8) is 0 Å². The molecule has 19 heavy (non-hydrogen) atoms. The normalized spacial score (nSPS) is 10.6. The molecule has 2 aromatic rings. The Kier molecular flexibility index (Phi) is 4.19. The average molecular weight is 281 g/mol. The molecule has 0 bridgehead atoms. The molecule has 1 amide bonds. The molecule has 0 radical (unpaired) electrons. The summed E-state index contributed by atoms with van der Waals surface area (Å²) in [6.07, 6.45) is 0. The van der Waals surface area contributed by atoms with Gasteiger partial charge in [0.1, 0.15) is 5.15 Å². The minimum atomic E-state index is -0.484. The number of rotatable bonds is 4. The van der Waals surface area contributed by atoms with E-state index in [0.717, 1.165) is 0 Å². The number of methoxy groups -OCH3 is 1. The Morgan fingerprint density at radius 3 is 2.79 bits per heavy atom. The quantitative estimate of drug-likeness (QED) is 0.663. The van der Waals surface area contributed by atoms with Crippen molar-refractivity contribution in [2.75, 3.05) is 20.3 Å². The smallest absolute Gasteiger partial charge is 0.273 e. The number of benzene rings is 1. The molecule has 1 heterocycles. The monoisotopic (exact) mass is 280 g/mol. The zero-order valence-electron chi connectivity index (χ0n) is 10.3. The predicted octanol–water partition coefficient (Wildman–Crippen LogP) is 1.97. The summed E-state index contributed by atoms with van der Waals surface area (Å²) in [6, 6.07) is 6.96. The van der Waals surface area contributed by atoms with Gasteiger partial charge in [-0.1, -0.05) is 35.9 Å². The Morgan fingerprint density at radius 2 is 2.11 bits per heavy atom. The fourth-order valence-electron chi connectivity index (χ4n) is 1.72. The van der Waals surface area contributed by atoms with Gasteiger partial charge in [0, 0.05) is 24.4 Å². The van der Waals surface area contributed by atoms with Crippen molar-refractivity contribution in [2.45, 2.75) is 0 Å². The lowest BCUT2D eigenvalue weighted by Crippen LogP contribution is -2.27. The molecule has 2 N–H and O–H groups in total. The number of hydrogen-bond acceptors (Lipinski definition) is 4. The second kappa shape index (κ2) is 5.86. The van der Waals surface area contributed by atoms with E-state index in [0.29, 0.717) is 23.9 Å². The van der Waals surface area contributed by atoms with E-state index < -0.39 is 5.91 Å². The summed E-state index contributed by atoms with van der Waals surface area (Å²) in [7, 11) is 1.54. The van der Waals surface area contributed by atoms with E-state index in [1.807, 2.05) is 0 Å². The Morgan fingerprint density at radius 1 is 1.42 bits per heavy atom. The van der Waals surface area contributed by atoms with Crippen LogP contribution < -0.4 is 5.32 Å². The van der Waals surface area contributed by atoms with Crippen molar-refractivity contribution in [3.8, 4) is 5.75 Å². The van der Waals surface area contributed by atoms with Gasteiger partial charge >= 0.3 is 0 Å². The standard InChI is InChI=1S/C13H13ClN2O3/c1-19-7-6-15-13(18)10-11(17)8-4-2-3-5-9(8)12(14)16-10/h2-5,17H,6-7H2,1H3,(H,15,18). The van der Waals surface area contributed by atoms with Gasteiger partial charge in [-0.05, 0) is 0 Å². The number of aromatic nitrogens is 1. The molecule has 0 saturated carbocycles. The van der Waals surface area contributed by atoms with E-state index in [1.165, 1.54) is 7.11 Å². The number of nitrogens with zero attached hydrogens (tertiary/aromatic N) is 1. The van der Waals surface area contributed by atoms with Crippen LogP contribution in [0.15, 0.2) is 24.3 Å². The summed E-state index contributed by atoms with van der Waals surface area (Å²) < 4.78 is 4.83. The van der Waals surface area contributed by atoms with Crippen LogP contribution in [0.4, 0.5) is 0 Å². The first kappa shape index (κ1) is 13.6. The first-order valence-electron chi connectivity index (χ1n) is 5.69. The van der Waals surface area contributed by atoms with Crippen LogP contribution in [-0.4, -0.2) is 36.3 Å². The number of fused-ring (bicyclic) bond motifs is 1. The molecule has 6 heteroatoms. The topological polar surface area (TPSA) is 71.5 Å². The van der Waals surface area contributed by atoms with Gasteiger partial charge in [-0.2, -0.15) is 0 Å². The molecule has 5 nitrogen and oxygen atoms in total. The van der Waals surface area contributed by atoms with Crippen LogP contribution in [0.25, 0.3) is 10.8 Å². The zero-order chi connectivity index (χ0) is 13.8. The molecular weight excluding hydrogens is 268 g/mol. The Hall–Kier alpha value is -1.85. The molecule has 100 valence electrons. The number of halogens is 1. The largest absolute Gasteiger partial charge is 0.505 e. The summed E-state index contributed by atoms with van der Waals surface area (Å²) in [4.78, 5) is 15.8. The minimum Gasteiger partial charge on any atom is -0.505 e. The Balaban J connectivity index is 2.39. The van der Waals surface area contributed by atoms with Gasteiger partial charge in [0.25, 0.3) is 5.91 Å². The molecule has 0 fully saturated rings. The highest BCUT2D eigenvalue weighted by molar-refractivity contribution is 6.34. The third-order valence-electron chi connectivity index (χ3n) is 2.65. The number of nitrogens with one attached hydrogen (secondary N) is 1. The molecule has 0 atom stereocenters. The van der Waals surface area contributed by atoms with Crippen molar-refractivity contribution < 1.29 is 14.6 Å². The molecule has 0 aliphatic carbocycles. The molecule has 1 aromatic heterocycles. The lowest BCUT2D eigenvalue weighted by atomic mass is 10.1. The van der Waals surface area contributed by atoms with E-state index in [9.17, 15) is 9.90 Å². The maximum atomic E-state index is 11.9. The molecule has 0 aliphatic rings. The summed E-state index contributed by atoms with van der Waals surface area (Å²) in [5.41, 5.74) is -0.0835. The molecule has 0 saturated heterocycles. The van der Waals surface area contributed by atoms with Gasteiger partial charge < -0.3 is 15.2 Å². The Labute approximate surface area is 115 Å². The van der Waals surface area contributed by atoms with E-state index >= 15 is 0 Å². The van der Waals surface area contributed by atoms with Gasteiger partial charge in [-0.25, -0.2) is 4.98 Å². The van der Waals surface area contributed by atoms with Crippen LogP contribution in [0.5, 0.6) is 5.75 Å². The van der Waals surface area contributed by atoms with Gasteiger partial charge in [-0.15, -0.1) is 0 Å². The van der Waals surface area contributed by atoms with Crippen LogP contribution in [-0.2, 0) is 4.74 Å². The number of amides is 1. The van der Waals surface area contributed by atoms with Gasteiger partial charge in [0.05, 0.1) is 6.61 Å². The number of ether oxygens (including phenoxy) is 1. The molecular formula is C13H13ClN2O3. The van der Waals surface area contributed by atoms with Crippen LogP contribution in [0.3, 0.4) is 0 Å². The van der Waals surface area contributed by atoms with Crippen LogP contribution in [0.2, 0.25) is 5.15 Å². The van der Waals surface area contributed by atoms with Crippen molar-refractivity contribution in [1.82, 2.24) is 10.3 Å². The number of pyridine rings is 1. The lowest BCUT2D eigenvalue weighted by Gasteiger charge is -2.09. The highest BCUT2D eigenvalue weighted by Crippen LogP contribution is 2.31. The fraction of sp³-hybridized carbons (Fsp3) is 0.231. The molecule has 1 aromatic carbocycles. The average Bonchev–Trinajstić information content (AvgIpc) is 2.43. The van der Waals surface area contributed by atoms with E-state index in [1.54, 1.807) is 24.3 Å². The van der Waals surface area contributed by atoms with Crippen molar-refractivity contribution in [2.24, 2.45) is 0 Å². The fourth-order valence-corrected chi connectivity index (χ4v) is 1.97. The number of carbonyl (C=O) groups is 1. The summed E-state index contributed by atoms with van der Waals surface area (Å²) >= 11 is 6.01. The minimum absolute atomic E-state index is 0.0835. The zero-order valence-corrected chi connectivity index (χ0v) is 11.1. The molecule has 2 rings (SSSR count). The third-order valence-corrected chi connectivity index (χ3v) is 2.93. The summed E-state index contributed by atoms with van der Waals surface area (Å²) in [5.74, 6) is -0.655. The van der Waals surface area contributed by atoms with E-state index in [-0.39, 0.29) is 16.6 Å². The maximum absolute atomic E-state index is 11.9. The van der Waals surface area contributed by atoms with Crippen molar-refractivity contribution in [3.05, 3.63) is 35.1 Å². The number of carbonyl (C=O) groups excluding carboxylic acids is 1. The maximum Gasteiger partial charge on any atom is 0.273 e. The van der Waals surface area contributed by atoms with Crippen LogP contribution in [0.1, 0.15) is 10.5 Å². The predicted molar refractivity (Wildman–Crippen MR) is 72.6 cm³/mol. The summed E-state index contributed by atoms with van der Waals surface area (Å²) in [6.45, 7) is 0.717. The second-order valence-electron chi connectivity index (χ2n) is 3.89. The highest BCUT2D eigenvalue weighted by Gasteiger charge is 2.17. The van der Waals surface area contributed by atoms with Gasteiger partial charge in [0.2, 0.25) is 0 Å². The number of aromatic hydroxyl groups is 1. The lowest BCUT2D eigenvalue weighted by molar-refractivity contribution is 0.0929. The van der Waals surface area contributed by atoms with E-state index in [2.05, 4.69) is 10.3 Å². The highest BCUT2D eigenvalue weighted by atomic mass is 35.5. The van der Waals surface area contributed by atoms with Crippen molar-refractivity contribution >= 4 is 28.3 Å². The third kappa shape index (κ3) is 2.77. The molecule has 0 aliphatic heterocycles. The van der Waals surface area contributed by atoms with Crippen molar-refractivity contribution in [1.29, 1.82) is 0 Å². The second-order valence-corrected chi connectivity index (χ2v) is 4.25.